The van der Waals surface area contributed by atoms with Crippen molar-refractivity contribution in [2.45, 2.75) is 38.5 Å². The first-order chi connectivity index (χ1) is 21.2. The fourth-order valence-corrected chi connectivity index (χ4v) is 5.44. The number of rotatable bonds is 12. The lowest BCUT2D eigenvalue weighted by Gasteiger charge is -2.36. The van der Waals surface area contributed by atoms with Gasteiger partial charge in [-0.2, -0.15) is 19.0 Å². The summed E-state index contributed by atoms with van der Waals surface area (Å²) >= 11 is 6.21. The van der Waals surface area contributed by atoms with E-state index in [1.165, 1.54) is 46.0 Å². The molecule has 15 heteroatoms. The molecule has 0 bridgehead atoms. The predicted octanol–water partition coefficient (Wildman–Crippen LogP) is 4.11. The maximum absolute atomic E-state index is 13.3. The molecule has 1 fully saturated rings. The molecule has 232 valence electrons. The van der Waals surface area contributed by atoms with Gasteiger partial charge in [-0.15, -0.1) is 0 Å². The third-order valence-electron chi connectivity index (χ3n) is 7.51. The standard InChI is InChI=1S/C29H32ClF2N9O3/c1-33-9-3-11-38(2)20-7-13-39(14-8-20)25(42)18-40-17-23(36-28(43)22-16-35-41-12-4-10-34-27(22)41)26(37-40)21-15-19(30)5-6-24(21)44-29(31)32/h4-6,10,12,15-17,20,29H,1,3,7-9,11,13-14,18H2,2H3,(H,36,43). The Balaban J connectivity index is 1.37. The van der Waals surface area contributed by atoms with Gasteiger partial charge in [0.15, 0.2) is 5.65 Å². The highest BCUT2D eigenvalue weighted by Gasteiger charge is 2.27. The molecule has 0 aliphatic carbocycles. The van der Waals surface area contributed by atoms with Gasteiger partial charge in [-0.1, -0.05) is 11.6 Å². The number of likely N-dealkylation sites (tertiary alicyclic amines) is 1. The molecule has 0 radical (unpaired) electrons. The van der Waals surface area contributed by atoms with Crippen LogP contribution in [0.25, 0.3) is 16.9 Å². The number of carbonyl (C=O) groups is 2. The molecule has 1 aliphatic rings. The van der Waals surface area contributed by atoms with Crippen molar-refractivity contribution in [3.8, 4) is 17.0 Å². The summed E-state index contributed by atoms with van der Waals surface area (Å²) in [6.45, 7) is 3.10. The molecule has 1 aromatic carbocycles. The maximum atomic E-state index is 13.3. The summed E-state index contributed by atoms with van der Waals surface area (Å²) in [5, 5.41) is 11.7. The zero-order valence-corrected chi connectivity index (χ0v) is 24.8. The highest BCUT2D eigenvalue weighted by molar-refractivity contribution is 6.31. The van der Waals surface area contributed by atoms with Crippen LogP contribution in [-0.4, -0.2) is 98.6 Å². The van der Waals surface area contributed by atoms with Crippen LogP contribution in [0.2, 0.25) is 5.02 Å². The molecule has 12 nitrogen and oxygen atoms in total. The largest absolute Gasteiger partial charge is 0.434 e. The molecule has 0 atom stereocenters. The lowest BCUT2D eigenvalue weighted by Crippen LogP contribution is -2.46. The van der Waals surface area contributed by atoms with E-state index in [-0.39, 0.29) is 45.7 Å². The fourth-order valence-electron chi connectivity index (χ4n) is 5.26. The van der Waals surface area contributed by atoms with Gasteiger partial charge in [0.1, 0.15) is 23.6 Å². The minimum atomic E-state index is -3.11. The Morgan fingerprint density at radius 1 is 1.30 bits per heavy atom. The molecule has 1 saturated heterocycles. The monoisotopic (exact) mass is 627 g/mol. The van der Waals surface area contributed by atoms with E-state index in [1.54, 1.807) is 17.2 Å². The Kier molecular flexibility index (Phi) is 9.80. The molecule has 3 aromatic heterocycles. The summed E-state index contributed by atoms with van der Waals surface area (Å²) in [5.74, 6) is -0.903. The Hall–Kier alpha value is -4.43. The predicted molar refractivity (Wildman–Crippen MR) is 162 cm³/mol. The second-order valence-corrected chi connectivity index (χ2v) is 10.8. The van der Waals surface area contributed by atoms with Crippen LogP contribution < -0.4 is 10.1 Å². The molecule has 5 rings (SSSR count). The lowest BCUT2D eigenvalue weighted by atomic mass is 10.0. The second-order valence-electron chi connectivity index (χ2n) is 10.4. The first-order valence-corrected chi connectivity index (χ1v) is 14.4. The minimum absolute atomic E-state index is 0.100. The average Bonchev–Trinajstić information content (AvgIpc) is 3.62. The molecule has 2 amide bonds. The number of nitrogens with one attached hydrogen (secondary N) is 1. The topological polar surface area (TPSA) is 122 Å². The van der Waals surface area contributed by atoms with Gasteiger partial charge in [0.05, 0.1) is 11.9 Å². The number of fused-ring (bicyclic) bond motifs is 1. The zero-order valence-electron chi connectivity index (χ0n) is 24.1. The molecule has 4 heterocycles. The van der Waals surface area contributed by atoms with Crippen LogP contribution in [0.4, 0.5) is 14.5 Å². The summed E-state index contributed by atoms with van der Waals surface area (Å²) in [5.41, 5.74) is 0.888. The van der Waals surface area contributed by atoms with E-state index < -0.39 is 12.5 Å². The number of aliphatic imine (C=N–C) groups is 1. The van der Waals surface area contributed by atoms with E-state index in [2.05, 4.69) is 44.2 Å². The smallest absolute Gasteiger partial charge is 0.387 e. The highest BCUT2D eigenvalue weighted by atomic mass is 35.5. The summed E-state index contributed by atoms with van der Waals surface area (Å²) in [6, 6.07) is 6.15. The Bertz CT molecular complexity index is 1640. The molecule has 0 spiro atoms. The molecule has 0 saturated carbocycles. The Morgan fingerprint density at radius 3 is 2.84 bits per heavy atom. The zero-order chi connectivity index (χ0) is 31.2. The van der Waals surface area contributed by atoms with Crippen LogP contribution in [0.1, 0.15) is 29.6 Å². The quantitative estimate of drug-likeness (QED) is 0.185. The van der Waals surface area contributed by atoms with Crippen molar-refractivity contribution < 1.29 is 23.1 Å². The number of nitrogens with zero attached hydrogens (tertiary/aromatic N) is 8. The maximum Gasteiger partial charge on any atom is 0.387 e. The van der Waals surface area contributed by atoms with Crippen molar-refractivity contribution in [3.05, 3.63) is 59.6 Å². The van der Waals surface area contributed by atoms with E-state index in [0.29, 0.717) is 24.8 Å². The molecule has 1 N–H and O–H groups in total. The van der Waals surface area contributed by atoms with Crippen LogP contribution >= 0.6 is 11.6 Å². The van der Waals surface area contributed by atoms with Crippen molar-refractivity contribution in [3.63, 3.8) is 0 Å². The number of amides is 2. The Morgan fingerprint density at radius 2 is 2.09 bits per heavy atom. The third kappa shape index (κ3) is 7.19. The number of anilines is 1. The number of aromatic nitrogens is 5. The molecular weight excluding hydrogens is 596 g/mol. The number of carbonyl (C=O) groups excluding carboxylic acids is 2. The number of ether oxygens (including phenoxy) is 1. The first kappa shape index (κ1) is 31.0. The van der Waals surface area contributed by atoms with Gasteiger partial charge in [0, 0.05) is 54.9 Å². The van der Waals surface area contributed by atoms with Gasteiger partial charge in [-0.3, -0.25) is 14.3 Å². The summed E-state index contributed by atoms with van der Waals surface area (Å²) in [4.78, 5) is 38.9. The van der Waals surface area contributed by atoms with E-state index in [0.717, 1.165) is 32.4 Å². The van der Waals surface area contributed by atoms with Crippen LogP contribution in [0.15, 0.2) is 54.0 Å². The van der Waals surface area contributed by atoms with Crippen molar-refractivity contribution in [2.75, 3.05) is 38.5 Å². The van der Waals surface area contributed by atoms with Crippen molar-refractivity contribution in [1.82, 2.24) is 34.2 Å². The number of piperidine rings is 1. The van der Waals surface area contributed by atoms with Crippen LogP contribution in [-0.2, 0) is 11.3 Å². The van der Waals surface area contributed by atoms with Crippen LogP contribution in [0, 0.1) is 0 Å². The van der Waals surface area contributed by atoms with Crippen molar-refractivity contribution in [2.24, 2.45) is 4.99 Å². The van der Waals surface area contributed by atoms with Gasteiger partial charge in [-0.05, 0) is 63.8 Å². The molecule has 1 aliphatic heterocycles. The summed E-state index contributed by atoms with van der Waals surface area (Å²) in [7, 11) is 2.08. The average molecular weight is 628 g/mol. The van der Waals surface area contributed by atoms with Gasteiger partial charge in [0.2, 0.25) is 5.91 Å². The normalized spacial score (nSPS) is 14.0. The second kappa shape index (κ2) is 13.9. The lowest BCUT2D eigenvalue weighted by molar-refractivity contribution is -0.133. The number of halogens is 3. The van der Waals surface area contributed by atoms with E-state index in [9.17, 15) is 18.4 Å². The molecule has 0 unspecified atom stereocenters. The molecular formula is C29H32ClF2N9O3. The van der Waals surface area contributed by atoms with Gasteiger partial charge in [-0.25, -0.2) is 9.50 Å². The van der Waals surface area contributed by atoms with Crippen molar-refractivity contribution >= 4 is 41.5 Å². The highest BCUT2D eigenvalue weighted by Crippen LogP contribution is 2.37. The number of alkyl halides is 2. The molecule has 44 heavy (non-hydrogen) atoms. The van der Waals surface area contributed by atoms with E-state index in [4.69, 9.17) is 16.3 Å². The first-order valence-electron chi connectivity index (χ1n) is 14.1. The van der Waals surface area contributed by atoms with Crippen LogP contribution in [0.5, 0.6) is 5.75 Å². The fraction of sp³-hybridized carbons (Fsp3) is 0.379. The number of hydrogen-bond donors (Lipinski definition) is 1. The number of hydrogen-bond acceptors (Lipinski definition) is 8. The summed E-state index contributed by atoms with van der Waals surface area (Å²) in [6.07, 6.45) is 8.63. The van der Waals surface area contributed by atoms with E-state index >= 15 is 0 Å². The summed E-state index contributed by atoms with van der Waals surface area (Å²) < 4.78 is 34.1. The third-order valence-corrected chi connectivity index (χ3v) is 7.75. The van der Waals surface area contributed by atoms with E-state index in [1.807, 2.05) is 0 Å². The van der Waals surface area contributed by atoms with Crippen molar-refractivity contribution in [1.29, 1.82) is 0 Å². The minimum Gasteiger partial charge on any atom is -0.434 e. The SMILES string of the molecule is C=NCCCN(C)C1CCN(C(=O)Cn2cc(NC(=O)c3cnn4cccnc34)c(-c3cc(Cl)ccc3OC(F)F)n2)CC1. The van der Waals surface area contributed by atoms with Crippen LogP contribution in [0.3, 0.4) is 0 Å². The number of benzene rings is 1. The Labute approximate surface area is 257 Å². The van der Waals surface area contributed by atoms with Gasteiger partial charge >= 0.3 is 6.61 Å². The molecule has 4 aromatic rings. The van der Waals surface area contributed by atoms with Gasteiger partial charge < -0.3 is 24.8 Å². The van der Waals surface area contributed by atoms with Gasteiger partial charge in [0.25, 0.3) is 5.91 Å².